The first-order chi connectivity index (χ1) is 14.9. The van der Waals surface area contributed by atoms with Crippen LogP contribution in [0.3, 0.4) is 0 Å². The van der Waals surface area contributed by atoms with Gasteiger partial charge in [-0.2, -0.15) is 12.7 Å². The lowest BCUT2D eigenvalue weighted by molar-refractivity contribution is -0.123. The van der Waals surface area contributed by atoms with E-state index < -0.39 is 16.1 Å². The third kappa shape index (κ3) is 4.88. The summed E-state index contributed by atoms with van der Waals surface area (Å²) in [7, 11) is 0.936. The molecule has 1 atom stereocenters. The molecule has 2 heterocycles. The average molecular weight is 465 g/mol. The molecule has 3 rings (SSSR count). The molecule has 0 radical (unpaired) electrons. The molecule has 10 nitrogen and oxygen atoms in total. The van der Waals surface area contributed by atoms with Crippen LogP contribution < -0.4 is 10.5 Å². The maximum absolute atomic E-state index is 13.6. The number of imidazole rings is 1. The molecule has 2 aromatic rings. The number of carbonyl (C=O) groups is 2. The summed E-state index contributed by atoms with van der Waals surface area (Å²) in [6.07, 6.45) is 2.05. The Hall–Kier alpha value is -2.66. The number of aryl methyl sites for hydroxylation is 1. The molecule has 1 aromatic heterocycles. The van der Waals surface area contributed by atoms with Crippen molar-refractivity contribution in [1.29, 1.82) is 0 Å². The number of rotatable bonds is 7. The summed E-state index contributed by atoms with van der Waals surface area (Å²) in [5.74, 6) is 0.0904. The van der Waals surface area contributed by atoms with E-state index in [1.54, 1.807) is 17.0 Å². The molecule has 176 valence electrons. The lowest BCUT2D eigenvalue weighted by atomic mass is 9.96. The predicted molar refractivity (Wildman–Crippen MR) is 123 cm³/mol. The lowest BCUT2D eigenvalue weighted by Crippen LogP contribution is -2.44. The second kappa shape index (κ2) is 9.07. The van der Waals surface area contributed by atoms with E-state index in [9.17, 15) is 18.0 Å². The van der Waals surface area contributed by atoms with Crippen molar-refractivity contribution in [2.24, 2.45) is 24.6 Å². The molecule has 0 spiro atoms. The first kappa shape index (κ1) is 24.0. The Morgan fingerprint density at radius 1 is 1.31 bits per heavy atom. The van der Waals surface area contributed by atoms with Crippen molar-refractivity contribution in [3.8, 4) is 0 Å². The summed E-state index contributed by atoms with van der Waals surface area (Å²) in [5.41, 5.74) is 7.26. The number of hydrogen-bond acceptors (Lipinski definition) is 5. The van der Waals surface area contributed by atoms with Gasteiger partial charge in [0.15, 0.2) is 0 Å². The number of primary amides is 1. The van der Waals surface area contributed by atoms with Gasteiger partial charge in [-0.05, 0) is 30.9 Å². The molecule has 0 aliphatic carbocycles. The number of nitrogens with zero attached hydrogens (tertiary/aromatic N) is 4. The number of amides is 2. The number of benzene rings is 1. The van der Waals surface area contributed by atoms with Crippen LogP contribution in [0.1, 0.15) is 42.9 Å². The van der Waals surface area contributed by atoms with Gasteiger partial charge in [-0.1, -0.05) is 13.8 Å². The zero-order valence-electron chi connectivity index (χ0n) is 19.3. The molecule has 0 bridgehead atoms. The molecule has 2 amide bonds. The van der Waals surface area contributed by atoms with Crippen molar-refractivity contribution in [2.45, 2.75) is 33.1 Å². The van der Waals surface area contributed by atoms with Gasteiger partial charge in [-0.15, -0.1) is 0 Å². The highest BCUT2D eigenvalue weighted by Gasteiger charge is 2.30. The predicted octanol–water partition coefficient (Wildman–Crippen LogP) is 1.33. The fraction of sp³-hybridized carbons (Fsp3) is 0.571. The molecule has 1 saturated heterocycles. The van der Waals surface area contributed by atoms with Gasteiger partial charge in [-0.3, -0.25) is 14.3 Å². The summed E-state index contributed by atoms with van der Waals surface area (Å²) >= 11 is 0. The maximum Gasteiger partial charge on any atom is 0.301 e. The second-order valence-corrected chi connectivity index (χ2v) is 10.8. The topological polar surface area (TPSA) is 131 Å². The van der Waals surface area contributed by atoms with Gasteiger partial charge >= 0.3 is 10.2 Å². The lowest BCUT2D eigenvalue weighted by Gasteiger charge is -2.31. The van der Waals surface area contributed by atoms with Gasteiger partial charge in [0.2, 0.25) is 5.91 Å². The Kier molecular flexibility index (Phi) is 6.80. The molecule has 32 heavy (non-hydrogen) atoms. The standard InChI is InChI=1S/C21H32N6O4S/c1-13(2)9-18-23-17-11-15(24-32(30,31)25(3)4)10-16(19(17)26(18)5)21(29)27-8-6-7-14(12-27)20(22)28/h10-11,13-14,24H,6-9,12H2,1-5H3,(H2,22,28). The van der Waals surface area contributed by atoms with E-state index in [0.717, 1.165) is 10.1 Å². The number of aromatic nitrogens is 2. The van der Waals surface area contributed by atoms with Crippen molar-refractivity contribution in [3.63, 3.8) is 0 Å². The van der Waals surface area contributed by atoms with Crippen LogP contribution in [-0.2, 0) is 28.5 Å². The van der Waals surface area contributed by atoms with Crippen LogP contribution in [0.25, 0.3) is 11.0 Å². The minimum absolute atomic E-state index is 0.250. The summed E-state index contributed by atoms with van der Waals surface area (Å²) in [6.45, 7) is 4.92. The third-order valence-corrected chi connectivity index (χ3v) is 7.18. The quantitative estimate of drug-likeness (QED) is 0.638. The van der Waals surface area contributed by atoms with Crippen molar-refractivity contribution in [1.82, 2.24) is 18.8 Å². The molecule has 1 unspecified atom stereocenters. The fourth-order valence-electron chi connectivity index (χ4n) is 3.97. The van der Waals surface area contributed by atoms with E-state index in [4.69, 9.17) is 5.73 Å². The van der Waals surface area contributed by atoms with Gasteiger partial charge in [0, 0.05) is 40.7 Å². The average Bonchev–Trinajstić information content (AvgIpc) is 3.01. The number of carbonyl (C=O) groups excluding carboxylic acids is 2. The van der Waals surface area contributed by atoms with Crippen LogP contribution >= 0.6 is 0 Å². The minimum atomic E-state index is -3.77. The smallest absolute Gasteiger partial charge is 0.301 e. The molecule has 0 saturated carbocycles. The fourth-order valence-corrected chi connectivity index (χ4v) is 4.57. The Bertz CT molecular complexity index is 1140. The Balaban J connectivity index is 2.11. The van der Waals surface area contributed by atoms with Crippen LogP contribution in [0.4, 0.5) is 5.69 Å². The summed E-state index contributed by atoms with van der Waals surface area (Å²) in [5, 5.41) is 0. The van der Waals surface area contributed by atoms with Gasteiger partial charge in [0.1, 0.15) is 5.82 Å². The Labute approximate surface area is 188 Å². The molecule has 1 aromatic carbocycles. The van der Waals surface area contributed by atoms with E-state index in [0.29, 0.717) is 48.3 Å². The van der Waals surface area contributed by atoms with Crippen molar-refractivity contribution < 1.29 is 18.0 Å². The summed E-state index contributed by atoms with van der Waals surface area (Å²) in [4.78, 5) is 31.6. The van der Waals surface area contributed by atoms with Crippen molar-refractivity contribution in [2.75, 3.05) is 31.9 Å². The normalized spacial score (nSPS) is 17.3. The van der Waals surface area contributed by atoms with E-state index in [1.807, 2.05) is 11.6 Å². The number of nitrogens with two attached hydrogens (primary N) is 1. The number of anilines is 1. The zero-order chi connectivity index (χ0) is 23.8. The minimum Gasteiger partial charge on any atom is -0.369 e. The highest BCUT2D eigenvalue weighted by Crippen LogP contribution is 2.29. The molecular formula is C21H32N6O4S. The largest absolute Gasteiger partial charge is 0.369 e. The molecule has 1 aliphatic rings. The molecule has 11 heteroatoms. The van der Waals surface area contributed by atoms with Crippen LogP contribution in [0, 0.1) is 11.8 Å². The van der Waals surface area contributed by atoms with Crippen LogP contribution in [0.15, 0.2) is 12.1 Å². The molecule has 3 N–H and O–H groups in total. The van der Waals surface area contributed by atoms with Crippen LogP contribution in [-0.4, -0.2) is 66.2 Å². The second-order valence-electron chi connectivity index (χ2n) is 8.96. The van der Waals surface area contributed by atoms with Gasteiger partial charge in [0.25, 0.3) is 5.91 Å². The molecule has 1 aliphatic heterocycles. The monoisotopic (exact) mass is 464 g/mol. The highest BCUT2D eigenvalue weighted by molar-refractivity contribution is 7.90. The number of nitrogens with one attached hydrogen (secondary N) is 1. The first-order valence-corrected chi connectivity index (χ1v) is 12.1. The van der Waals surface area contributed by atoms with E-state index in [-0.39, 0.29) is 24.1 Å². The number of piperidine rings is 1. The Morgan fingerprint density at radius 2 is 2.00 bits per heavy atom. The SMILES string of the molecule is CC(C)Cc1nc2cc(NS(=O)(=O)N(C)C)cc(C(=O)N3CCCC(C(N)=O)C3)c2n1C. The Morgan fingerprint density at radius 3 is 2.59 bits per heavy atom. The first-order valence-electron chi connectivity index (χ1n) is 10.7. The van der Waals surface area contributed by atoms with Crippen molar-refractivity contribution in [3.05, 3.63) is 23.5 Å². The molecular weight excluding hydrogens is 432 g/mol. The van der Waals surface area contributed by atoms with E-state index in [2.05, 4.69) is 23.6 Å². The van der Waals surface area contributed by atoms with Crippen molar-refractivity contribution >= 4 is 38.7 Å². The zero-order valence-corrected chi connectivity index (χ0v) is 20.1. The van der Waals surface area contributed by atoms with Gasteiger partial charge < -0.3 is 15.2 Å². The highest BCUT2D eigenvalue weighted by atomic mass is 32.2. The number of fused-ring (bicyclic) bond motifs is 1. The van der Waals surface area contributed by atoms with E-state index in [1.165, 1.54) is 14.1 Å². The third-order valence-electron chi connectivity index (χ3n) is 5.72. The molecule has 1 fully saturated rings. The maximum atomic E-state index is 13.6. The number of likely N-dealkylation sites (tertiary alicyclic amines) is 1. The van der Waals surface area contributed by atoms with E-state index >= 15 is 0 Å². The van der Waals surface area contributed by atoms with Crippen LogP contribution in [0.2, 0.25) is 0 Å². The summed E-state index contributed by atoms with van der Waals surface area (Å²) in [6, 6.07) is 3.18. The number of hydrogen-bond donors (Lipinski definition) is 2. The summed E-state index contributed by atoms with van der Waals surface area (Å²) < 4.78 is 30.3. The van der Waals surface area contributed by atoms with Gasteiger partial charge in [0.05, 0.1) is 28.2 Å². The van der Waals surface area contributed by atoms with Gasteiger partial charge in [-0.25, -0.2) is 4.98 Å². The van der Waals surface area contributed by atoms with Crippen LogP contribution in [0.5, 0.6) is 0 Å².